The van der Waals surface area contributed by atoms with E-state index in [0.717, 1.165) is 12.6 Å². The van der Waals surface area contributed by atoms with E-state index in [9.17, 15) is 8.78 Å². The number of likely N-dealkylation sites (N-methyl/N-ethyl adjacent to an activating group) is 1. The van der Waals surface area contributed by atoms with Gasteiger partial charge in [-0.1, -0.05) is 6.07 Å². The van der Waals surface area contributed by atoms with Crippen LogP contribution in [-0.2, 0) is 4.74 Å². The predicted octanol–water partition coefficient (Wildman–Crippen LogP) is 2.09. The van der Waals surface area contributed by atoms with Gasteiger partial charge in [0.15, 0.2) is 0 Å². The van der Waals surface area contributed by atoms with Crippen molar-refractivity contribution < 1.29 is 13.5 Å². The van der Waals surface area contributed by atoms with E-state index >= 15 is 0 Å². The van der Waals surface area contributed by atoms with Crippen LogP contribution in [0.2, 0.25) is 0 Å². The fourth-order valence-corrected chi connectivity index (χ4v) is 2.78. The van der Waals surface area contributed by atoms with Gasteiger partial charge in [0.1, 0.15) is 11.6 Å². The quantitative estimate of drug-likeness (QED) is 0.915. The molecule has 0 radical (unpaired) electrons. The van der Waals surface area contributed by atoms with Gasteiger partial charge in [-0.15, -0.1) is 0 Å². The maximum atomic E-state index is 14.1. The molecule has 5 heteroatoms. The molecule has 2 unspecified atom stereocenters. The molecular formula is C15H20F2N2O. The third-order valence-corrected chi connectivity index (χ3v) is 4.07. The summed E-state index contributed by atoms with van der Waals surface area (Å²) in [6.07, 6.45) is 2.31. The number of hydrogen-bond donors (Lipinski definition) is 1. The first kappa shape index (κ1) is 13.9. The molecule has 0 aromatic heterocycles. The monoisotopic (exact) mass is 282 g/mol. The maximum absolute atomic E-state index is 14.1. The summed E-state index contributed by atoms with van der Waals surface area (Å²) in [5.41, 5.74) is 0.510. The summed E-state index contributed by atoms with van der Waals surface area (Å²) in [4.78, 5) is 2.08. The van der Waals surface area contributed by atoms with E-state index in [1.165, 1.54) is 25.0 Å². The van der Waals surface area contributed by atoms with Crippen LogP contribution in [0, 0.1) is 11.6 Å². The molecule has 1 N–H and O–H groups in total. The van der Waals surface area contributed by atoms with Crippen LogP contribution in [0.1, 0.15) is 24.4 Å². The van der Waals surface area contributed by atoms with Crippen molar-refractivity contribution in [3.05, 3.63) is 35.4 Å². The number of halogens is 2. The summed E-state index contributed by atoms with van der Waals surface area (Å²) < 4.78 is 32.9. The molecule has 2 aliphatic rings. The molecule has 1 saturated carbocycles. The number of ether oxygens (including phenoxy) is 1. The van der Waals surface area contributed by atoms with Gasteiger partial charge in [-0.25, -0.2) is 8.78 Å². The van der Waals surface area contributed by atoms with Gasteiger partial charge < -0.3 is 10.1 Å². The molecule has 3 rings (SSSR count). The van der Waals surface area contributed by atoms with Crippen LogP contribution >= 0.6 is 0 Å². The minimum atomic E-state index is -0.543. The van der Waals surface area contributed by atoms with Crippen LogP contribution in [-0.4, -0.2) is 43.8 Å². The minimum Gasteiger partial charge on any atom is -0.374 e. The van der Waals surface area contributed by atoms with E-state index in [4.69, 9.17) is 4.74 Å². The van der Waals surface area contributed by atoms with E-state index in [1.54, 1.807) is 0 Å². The number of morpholine rings is 1. The van der Waals surface area contributed by atoms with Crippen LogP contribution in [0.5, 0.6) is 0 Å². The highest BCUT2D eigenvalue weighted by Gasteiger charge is 2.34. The predicted molar refractivity (Wildman–Crippen MR) is 72.5 cm³/mol. The van der Waals surface area contributed by atoms with Crippen molar-refractivity contribution in [1.29, 1.82) is 0 Å². The van der Waals surface area contributed by atoms with Crippen LogP contribution in [0.3, 0.4) is 0 Å². The second-order valence-electron chi connectivity index (χ2n) is 5.68. The highest BCUT2D eigenvalue weighted by atomic mass is 19.1. The SMILES string of the molecule is CN1CCOC(CNC2CC2)C1c1ccc(F)cc1F. The Morgan fingerprint density at radius 2 is 2.15 bits per heavy atom. The summed E-state index contributed by atoms with van der Waals surface area (Å²) in [5.74, 6) is -1.04. The fourth-order valence-electron chi connectivity index (χ4n) is 2.78. The van der Waals surface area contributed by atoms with Gasteiger partial charge >= 0.3 is 0 Å². The Hall–Kier alpha value is -1.04. The lowest BCUT2D eigenvalue weighted by molar-refractivity contribution is -0.0625. The standard InChI is InChI=1S/C15H20F2N2O/c1-19-6-7-20-14(9-18-11-3-4-11)15(19)12-5-2-10(16)8-13(12)17/h2,5,8,11,14-15,18H,3-4,6-7,9H2,1H3. The highest BCUT2D eigenvalue weighted by Crippen LogP contribution is 2.31. The fraction of sp³-hybridized carbons (Fsp3) is 0.600. The van der Waals surface area contributed by atoms with Crippen LogP contribution in [0.25, 0.3) is 0 Å². The zero-order valence-electron chi connectivity index (χ0n) is 11.6. The van der Waals surface area contributed by atoms with Gasteiger partial charge in [-0.3, -0.25) is 4.90 Å². The van der Waals surface area contributed by atoms with E-state index in [2.05, 4.69) is 10.2 Å². The Morgan fingerprint density at radius 1 is 1.35 bits per heavy atom. The number of nitrogens with zero attached hydrogens (tertiary/aromatic N) is 1. The smallest absolute Gasteiger partial charge is 0.131 e. The second-order valence-corrected chi connectivity index (χ2v) is 5.68. The third-order valence-electron chi connectivity index (χ3n) is 4.07. The number of nitrogens with one attached hydrogen (secondary N) is 1. The summed E-state index contributed by atoms with van der Waals surface area (Å²) in [5, 5.41) is 3.43. The Labute approximate surface area is 117 Å². The lowest BCUT2D eigenvalue weighted by Crippen LogP contribution is -2.48. The number of benzene rings is 1. The molecule has 1 saturated heterocycles. The van der Waals surface area contributed by atoms with Crippen LogP contribution in [0.4, 0.5) is 8.78 Å². The Bertz CT molecular complexity index is 479. The van der Waals surface area contributed by atoms with Crippen molar-refractivity contribution in [2.75, 3.05) is 26.7 Å². The molecule has 2 atom stereocenters. The summed E-state index contributed by atoms with van der Waals surface area (Å²) in [6.45, 7) is 2.10. The lowest BCUT2D eigenvalue weighted by Gasteiger charge is -2.39. The summed E-state index contributed by atoms with van der Waals surface area (Å²) in [7, 11) is 1.96. The molecule has 0 amide bonds. The largest absolute Gasteiger partial charge is 0.374 e. The van der Waals surface area contributed by atoms with Gasteiger partial charge in [0.05, 0.1) is 18.8 Å². The molecule has 0 spiro atoms. The van der Waals surface area contributed by atoms with Crippen molar-refractivity contribution in [2.24, 2.45) is 0 Å². The van der Waals surface area contributed by atoms with Gasteiger partial charge in [-0.05, 0) is 26.0 Å². The summed E-state index contributed by atoms with van der Waals surface area (Å²) in [6, 6.07) is 4.21. The molecule has 1 heterocycles. The van der Waals surface area contributed by atoms with E-state index in [0.29, 0.717) is 24.8 Å². The molecule has 3 nitrogen and oxygen atoms in total. The topological polar surface area (TPSA) is 24.5 Å². The van der Waals surface area contributed by atoms with Gasteiger partial charge in [-0.2, -0.15) is 0 Å². The minimum absolute atomic E-state index is 0.102. The zero-order valence-corrected chi connectivity index (χ0v) is 11.6. The molecule has 1 aromatic rings. The highest BCUT2D eigenvalue weighted by molar-refractivity contribution is 5.24. The molecule has 1 aromatic carbocycles. The number of hydrogen-bond acceptors (Lipinski definition) is 3. The molecular weight excluding hydrogens is 262 g/mol. The van der Waals surface area contributed by atoms with E-state index in [1.807, 2.05) is 7.05 Å². The van der Waals surface area contributed by atoms with Crippen LogP contribution in [0.15, 0.2) is 18.2 Å². The van der Waals surface area contributed by atoms with Crippen LogP contribution < -0.4 is 5.32 Å². The first-order valence-electron chi connectivity index (χ1n) is 7.15. The molecule has 1 aliphatic carbocycles. The van der Waals surface area contributed by atoms with Crippen molar-refractivity contribution in [2.45, 2.75) is 31.0 Å². The second kappa shape index (κ2) is 5.76. The first-order valence-corrected chi connectivity index (χ1v) is 7.15. The molecule has 0 bridgehead atoms. The van der Waals surface area contributed by atoms with Crippen molar-refractivity contribution in [1.82, 2.24) is 10.2 Å². The average molecular weight is 282 g/mol. The van der Waals surface area contributed by atoms with Gasteiger partial charge in [0.2, 0.25) is 0 Å². The molecule has 110 valence electrons. The van der Waals surface area contributed by atoms with Gasteiger partial charge in [0, 0.05) is 30.8 Å². The lowest BCUT2D eigenvalue weighted by atomic mass is 9.97. The van der Waals surface area contributed by atoms with Crippen molar-refractivity contribution in [3.63, 3.8) is 0 Å². The first-order chi connectivity index (χ1) is 9.65. The Kier molecular flexibility index (Phi) is 4.01. The van der Waals surface area contributed by atoms with Crippen molar-refractivity contribution in [3.8, 4) is 0 Å². The maximum Gasteiger partial charge on any atom is 0.131 e. The Morgan fingerprint density at radius 3 is 2.85 bits per heavy atom. The molecule has 1 aliphatic heterocycles. The molecule has 20 heavy (non-hydrogen) atoms. The molecule has 2 fully saturated rings. The third kappa shape index (κ3) is 3.00. The van der Waals surface area contributed by atoms with Crippen molar-refractivity contribution >= 4 is 0 Å². The number of rotatable bonds is 4. The Balaban J connectivity index is 1.80. The normalized spacial score (nSPS) is 27.8. The van der Waals surface area contributed by atoms with E-state index < -0.39 is 11.6 Å². The van der Waals surface area contributed by atoms with E-state index in [-0.39, 0.29) is 12.1 Å². The van der Waals surface area contributed by atoms with Gasteiger partial charge in [0.25, 0.3) is 0 Å². The average Bonchev–Trinajstić information content (AvgIpc) is 3.22. The zero-order chi connectivity index (χ0) is 14.1. The summed E-state index contributed by atoms with van der Waals surface area (Å²) >= 11 is 0.